The molecule has 6 nitrogen and oxygen atoms in total. The van der Waals surface area contributed by atoms with Gasteiger partial charge in [0.05, 0.1) is 22.6 Å². The van der Waals surface area contributed by atoms with E-state index >= 15 is 0 Å². The molecule has 0 atom stereocenters. The van der Waals surface area contributed by atoms with Crippen LogP contribution in [0.1, 0.15) is 25.7 Å². The van der Waals surface area contributed by atoms with Gasteiger partial charge in [-0.15, -0.1) is 0 Å². The summed E-state index contributed by atoms with van der Waals surface area (Å²) in [5, 5.41) is 24.5. The highest BCUT2D eigenvalue weighted by molar-refractivity contribution is 5.82. The second-order valence-electron chi connectivity index (χ2n) is 5.60. The van der Waals surface area contributed by atoms with E-state index < -0.39 is 4.92 Å². The molecule has 2 N–H and O–H groups in total. The van der Waals surface area contributed by atoms with E-state index in [4.69, 9.17) is 0 Å². The normalized spacial score (nSPS) is 17.0. The van der Waals surface area contributed by atoms with Crippen LogP contribution < -0.4 is 5.32 Å². The molecule has 3 rings (SSSR count). The molecule has 1 aliphatic rings. The first-order valence-electron chi connectivity index (χ1n) is 7.06. The SMILES string of the molecule is O=[N+]([O-])c1ccc2nc(NC3(CO)CCCC3)ccc2c1. The van der Waals surface area contributed by atoms with E-state index in [0.717, 1.165) is 31.1 Å². The van der Waals surface area contributed by atoms with Crippen LogP contribution >= 0.6 is 0 Å². The summed E-state index contributed by atoms with van der Waals surface area (Å²) >= 11 is 0. The van der Waals surface area contributed by atoms with Crippen LogP contribution in [0.25, 0.3) is 10.9 Å². The maximum atomic E-state index is 10.8. The lowest BCUT2D eigenvalue weighted by molar-refractivity contribution is -0.384. The number of nitrogens with one attached hydrogen (secondary N) is 1. The average Bonchev–Trinajstić information content (AvgIpc) is 2.95. The van der Waals surface area contributed by atoms with Gasteiger partial charge in [-0.25, -0.2) is 4.98 Å². The zero-order chi connectivity index (χ0) is 14.9. The van der Waals surface area contributed by atoms with Crippen LogP contribution in [0.4, 0.5) is 11.5 Å². The summed E-state index contributed by atoms with van der Waals surface area (Å²) < 4.78 is 0. The molecule has 2 aromatic rings. The molecule has 1 aromatic heterocycles. The molecule has 21 heavy (non-hydrogen) atoms. The summed E-state index contributed by atoms with van der Waals surface area (Å²) in [6.45, 7) is 0.0903. The number of pyridine rings is 1. The fraction of sp³-hybridized carbons (Fsp3) is 0.400. The molecule has 1 heterocycles. The summed E-state index contributed by atoms with van der Waals surface area (Å²) in [6, 6.07) is 8.25. The number of aromatic nitrogens is 1. The van der Waals surface area contributed by atoms with Crippen molar-refractivity contribution < 1.29 is 10.0 Å². The minimum absolute atomic E-state index is 0.0626. The molecule has 1 aromatic carbocycles. The third-order valence-electron chi connectivity index (χ3n) is 4.14. The topological polar surface area (TPSA) is 88.3 Å². The van der Waals surface area contributed by atoms with Crippen LogP contribution in [0.15, 0.2) is 30.3 Å². The van der Waals surface area contributed by atoms with Crippen molar-refractivity contribution in [3.63, 3.8) is 0 Å². The van der Waals surface area contributed by atoms with E-state index in [0.29, 0.717) is 11.3 Å². The van der Waals surface area contributed by atoms with E-state index in [9.17, 15) is 15.2 Å². The molecule has 0 radical (unpaired) electrons. The van der Waals surface area contributed by atoms with E-state index in [1.165, 1.54) is 12.1 Å². The number of benzene rings is 1. The van der Waals surface area contributed by atoms with Crippen molar-refractivity contribution in [2.24, 2.45) is 0 Å². The predicted molar refractivity (Wildman–Crippen MR) is 80.3 cm³/mol. The lowest BCUT2D eigenvalue weighted by Crippen LogP contribution is -2.39. The highest BCUT2D eigenvalue weighted by Crippen LogP contribution is 2.32. The molecule has 0 unspecified atom stereocenters. The molecular formula is C15H17N3O3. The quantitative estimate of drug-likeness (QED) is 0.666. The Morgan fingerprint density at radius 2 is 2.05 bits per heavy atom. The number of non-ortho nitro benzene ring substituents is 1. The summed E-state index contributed by atoms with van der Waals surface area (Å²) in [7, 11) is 0. The van der Waals surface area contributed by atoms with Crippen molar-refractivity contribution in [3.8, 4) is 0 Å². The third-order valence-corrected chi connectivity index (χ3v) is 4.14. The van der Waals surface area contributed by atoms with Gasteiger partial charge in [-0.3, -0.25) is 10.1 Å². The molecule has 6 heteroatoms. The molecule has 110 valence electrons. The Bertz CT molecular complexity index is 681. The largest absolute Gasteiger partial charge is 0.394 e. The number of nitro groups is 1. The fourth-order valence-electron chi connectivity index (χ4n) is 2.94. The van der Waals surface area contributed by atoms with Gasteiger partial charge in [0.2, 0.25) is 0 Å². The molecule has 0 aliphatic heterocycles. The lowest BCUT2D eigenvalue weighted by Gasteiger charge is -2.28. The molecule has 1 saturated carbocycles. The van der Waals surface area contributed by atoms with E-state index in [1.807, 2.05) is 12.1 Å². The summed E-state index contributed by atoms with van der Waals surface area (Å²) in [6.07, 6.45) is 4.08. The monoisotopic (exact) mass is 287 g/mol. The molecule has 0 amide bonds. The van der Waals surface area contributed by atoms with Gasteiger partial charge in [0, 0.05) is 17.5 Å². The zero-order valence-corrected chi connectivity index (χ0v) is 11.6. The van der Waals surface area contributed by atoms with E-state index in [1.54, 1.807) is 6.07 Å². The number of nitro benzene ring substituents is 1. The van der Waals surface area contributed by atoms with Crippen molar-refractivity contribution in [3.05, 3.63) is 40.4 Å². The zero-order valence-electron chi connectivity index (χ0n) is 11.6. The molecular weight excluding hydrogens is 270 g/mol. The number of aliphatic hydroxyl groups excluding tert-OH is 1. The van der Waals surface area contributed by atoms with Gasteiger partial charge in [-0.1, -0.05) is 12.8 Å². The summed E-state index contributed by atoms with van der Waals surface area (Å²) in [5.41, 5.74) is 0.492. The van der Waals surface area contributed by atoms with Gasteiger partial charge in [0.15, 0.2) is 0 Å². The van der Waals surface area contributed by atoms with E-state index in [2.05, 4.69) is 10.3 Å². The Hall–Kier alpha value is -2.21. The van der Waals surface area contributed by atoms with E-state index in [-0.39, 0.29) is 17.8 Å². The van der Waals surface area contributed by atoms with Crippen LogP contribution in [0.2, 0.25) is 0 Å². The van der Waals surface area contributed by atoms with Gasteiger partial charge in [-0.05, 0) is 31.0 Å². The van der Waals surface area contributed by atoms with Gasteiger partial charge in [0.25, 0.3) is 5.69 Å². The van der Waals surface area contributed by atoms with Crippen molar-refractivity contribution in [2.75, 3.05) is 11.9 Å². The highest BCUT2D eigenvalue weighted by atomic mass is 16.6. The number of hydrogen-bond acceptors (Lipinski definition) is 5. The predicted octanol–water partition coefficient (Wildman–Crippen LogP) is 2.86. The van der Waals surface area contributed by atoms with Crippen molar-refractivity contribution >= 4 is 22.4 Å². The first-order chi connectivity index (χ1) is 10.1. The maximum absolute atomic E-state index is 10.8. The Morgan fingerprint density at radius 3 is 2.71 bits per heavy atom. The van der Waals surface area contributed by atoms with Gasteiger partial charge < -0.3 is 10.4 Å². The molecule has 1 fully saturated rings. The molecule has 1 aliphatic carbocycles. The second-order valence-corrected chi connectivity index (χ2v) is 5.60. The Labute approximate surface area is 122 Å². The van der Waals surface area contributed by atoms with Crippen molar-refractivity contribution in [2.45, 2.75) is 31.2 Å². The molecule has 0 bridgehead atoms. The third kappa shape index (κ3) is 2.67. The summed E-state index contributed by atoms with van der Waals surface area (Å²) in [4.78, 5) is 14.8. The number of rotatable bonds is 4. The molecule has 0 saturated heterocycles. The fourth-order valence-corrected chi connectivity index (χ4v) is 2.94. The smallest absolute Gasteiger partial charge is 0.270 e. The van der Waals surface area contributed by atoms with Crippen LogP contribution in [-0.4, -0.2) is 27.2 Å². The second kappa shape index (κ2) is 5.29. The average molecular weight is 287 g/mol. The Morgan fingerprint density at radius 1 is 1.29 bits per heavy atom. The minimum atomic E-state index is -0.412. The minimum Gasteiger partial charge on any atom is -0.394 e. The van der Waals surface area contributed by atoms with Crippen molar-refractivity contribution in [1.82, 2.24) is 4.98 Å². The van der Waals surface area contributed by atoms with Crippen LogP contribution in [0.5, 0.6) is 0 Å². The molecule has 0 spiro atoms. The highest BCUT2D eigenvalue weighted by Gasteiger charge is 2.33. The van der Waals surface area contributed by atoms with Crippen LogP contribution in [0.3, 0.4) is 0 Å². The number of fused-ring (bicyclic) bond motifs is 1. The summed E-state index contributed by atoms with van der Waals surface area (Å²) in [5.74, 6) is 0.701. The number of aliphatic hydroxyl groups is 1. The standard InChI is InChI=1S/C15H17N3O3/c19-10-15(7-1-2-8-15)17-14-6-3-11-9-12(18(20)21)4-5-13(11)16-14/h3-6,9,19H,1-2,7-8,10H2,(H,16,17). The number of anilines is 1. The van der Waals surface area contributed by atoms with Crippen molar-refractivity contribution in [1.29, 1.82) is 0 Å². The number of nitrogens with zero attached hydrogens (tertiary/aromatic N) is 2. The lowest BCUT2D eigenvalue weighted by atomic mass is 9.99. The van der Waals surface area contributed by atoms with Gasteiger partial charge in [0.1, 0.15) is 5.82 Å². The van der Waals surface area contributed by atoms with Crippen LogP contribution in [0, 0.1) is 10.1 Å². The maximum Gasteiger partial charge on any atom is 0.270 e. The first-order valence-corrected chi connectivity index (χ1v) is 7.06. The number of hydrogen-bond donors (Lipinski definition) is 2. The van der Waals surface area contributed by atoms with Crippen LogP contribution in [-0.2, 0) is 0 Å². The van der Waals surface area contributed by atoms with Gasteiger partial charge >= 0.3 is 0 Å². The Kier molecular flexibility index (Phi) is 3.47. The van der Waals surface area contributed by atoms with Gasteiger partial charge in [-0.2, -0.15) is 0 Å². The first kappa shape index (κ1) is 13.8. The Balaban J connectivity index is 1.90.